The first kappa shape index (κ1) is 22.5. The van der Waals surface area contributed by atoms with Crippen LogP contribution in [0.3, 0.4) is 0 Å². The van der Waals surface area contributed by atoms with Crippen LogP contribution < -0.4 is 4.74 Å². The summed E-state index contributed by atoms with van der Waals surface area (Å²) in [6.07, 6.45) is 3.02. The molecular weight excluding hydrogens is 452 g/mol. The number of rotatable bonds is 5. The number of aromatic amines is 1. The van der Waals surface area contributed by atoms with E-state index in [1.807, 2.05) is 28.0 Å². The first-order valence-electron chi connectivity index (χ1n) is 12.2. The Balaban J connectivity index is 1.42. The van der Waals surface area contributed by atoms with Gasteiger partial charge in [-0.15, -0.1) is 0 Å². The second-order valence-corrected chi connectivity index (χ2v) is 10.3. The largest absolute Gasteiger partial charge is 0.497 e. The Morgan fingerprint density at radius 2 is 1.97 bits per heavy atom. The Hall–Kier alpha value is -2.97. The highest BCUT2D eigenvalue weighted by Crippen LogP contribution is 2.49. The van der Waals surface area contributed by atoms with E-state index in [0.29, 0.717) is 19.6 Å². The number of hydrogen-bond acceptors (Lipinski definition) is 4. The van der Waals surface area contributed by atoms with Crippen molar-refractivity contribution in [1.82, 2.24) is 14.8 Å². The van der Waals surface area contributed by atoms with Gasteiger partial charge in [-0.05, 0) is 48.7 Å². The molecule has 1 atom stereocenters. The molecule has 1 aromatic heterocycles. The van der Waals surface area contributed by atoms with Gasteiger partial charge in [0.2, 0.25) is 5.91 Å². The number of amides is 1. The minimum absolute atomic E-state index is 0.130. The molecule has 1 saturated heterocycles. The summed E-state index contributed by atoms with van der Waals surface area (Å²) in [7, 11) is 1.62. The van der Waals surface area contributed by atoms with Crippen LogP contribution in [0, 0.1) is 17.6 Å². The van der Waals surface area contributed by atoms with Gasteiger partial charge in [0.1, 0.15) is 17.4 Å². The molecule has 3 aromatic rings. The van der Waals surface area contributed by atoms with Gasteiger partial charge in [-0.1, -0.05) is 6.42 Å². The molecule has 1 amide bonds. The number of ether oxygens (including phenoxy) is 1. The number of carbonyl (C=O) groups excluding carboxylic acids is 1. The third-order valence-corrected chi connectivity index (χ3v) is 8.15. The van der Waals surface area contributed by atoms with Crippen molar-refractivity contribution in [2.75, 3.05) is 33.4 Å². The molecule has 2 N–H and O–H groups in total. The molecule has 8 heteroatoms. The van der Waals surface area contributed by atoms with Crippen molar-refractivity contribution in [3.8, 4) is 5.75 Å². The quantitative estimate of drug-likeness (QED) is 0.580. The minimum Gasteiger partial charge on any atom is -0.497 e. The number of aliphatic hydroxyl groups excluding tert-OH is 1. The smallest absolute Gasteiger partial charge is 0.225 e. The topological polar surface area (TPSA) is 68.8 Å². The number of aliphatic hydroxyl groups is 1. The molecule has 1 saturated carbocycles. The lowest BCUT2D eigenvalue weighted by Crippen LogP contribution is -2.68. The fourth-order valence-corrected chi connectivity index (χ4v) is 6.17. The SMILES string of the molecule is COc1ccc2c3c([nH]c2c1)[C@@H](CO)N(Cc1cc(F)ccc1F)CC31CN(C(=O)C2CCC2)C1. The number of carbonyl (C=O) groups is 1. The normalized spacial score (nSPS) is 21.6. The van der Waals surface area contributed by atoms with E-state index in [1.54, 1.807) is 7.11 Å². The number of likely N-dealkylation sites (tertiary alicyclic amines) is 1. The van der Waals surface area contributed by atoms with Gasteiger partial charge in [-0.25, -0.2) is 8.78 Å². The molecule has 2 aromatic carbocycles. The summed E-state index contributed by atoms with van der Waals surface area (Å²) in [5, 5.41) is 11.5. The molecule has 0 bridgehead atoms. The van der Waals surface area contributed by atoms with Gasteiger partial charge in [-0.3, -0.25) is 9.69 Å². The van der Waals surface area contributed by atoms with E-state index < -0.39 is 17.7 Å². The van der Waals surface area contributed by atoms with E-state index in [9.17, 15) is 18.7 Å². The zero-order chi connectivity index (χ0) is 24.3. The van der Waals surface area contributed by atoms with Crippen molar-refractivity contribution in [3.63, 3.8) is 0 Å². The average molecular weight is 482 g/mol. The monoisotopic (exact) mass is 481 g/mol. The summed E-state index contributed by atoms with van der Waals surface area (Å²) in [4.78, 5) is 20.4. The molecule has 2 fully saturated rings. The van der Waals surface area contributed by atoms with E-state index in [0.717, 1.165) is 59.3 Å². The first-order valence-corrected chi connectivity index (χ1v) is 12.2. The van der Waals surface area contributed by atoms with Crippen LogP contribution >= 0.6 is 0 Å². The average Bonchev–Trinajstić information content (AvgIpc) is 3.17. The molecular formula is C27H29F2N3O3. The Bertz CT molecular complexity index is 1300. The second-order valence-electron chi connectivity index (χ2n) is 10.3. The number of hydrogen-bond donors (Lipinski definition) is 2. The number of methoxy groups -OCH3 is 1. The molecule has 184 valence electrons. The van der Waals surface area contributed by atoms with Crippen molar-refractivity contribution in [1.29, 1.82) is 0 Å². The standard InChI is InChI=1S/C27H29F2N3O3/c1-35-19-6-7-20-22(10-19)30-25-23(12-33)31(11-17-9-18(28)5-8-21(17)29)13-27(24(20)25)14-32(15-27)26(34)16-3-2-4-16/h5-10,16,23,30,33H,2-4,11-15H2,1H3/t23-/m1/s1. The maximum atomic E-state index is 14.6. The molecule has 3 aliphatic rings. The second kappa shape index (κ2) is 8.31. The third-order valence-electron chi connectivity index (χ3n) is 8.15. The fraction of sp³-hybridized carbons (Fsp3) is 0.444. The molecule has 3 heterocycles. The molecule has 1 aliphatic carbocycles. The van der Waals surface area contributed by atoms with Crippen molar-refractivity contribution >= 4 is 16.8 Å². The maximum absolute atomic E-state index is 14.6. The van der Waals surface area contributed by atoms with Crippen LogP contribution in [0.25, 0.3) is 10.9 Å². The molecule has 35 heavy (non-hydrogen) atoms. The Labute approximate surface area is 202 Å². The number of benzene rings is 2. The van der Waals surface area contributed by atoms with Gasteiger partial charge in [0.15, 0.2) is 0 Å². The van der Waals surface area contributed by atoms with Crippen LogP contribution in [-0.4, -0.2) is 59.1 Å². The molecule has 0 radical (unpaired) electrons. The molecule has 1 spiro atoms. The van der Waals surface area contributed by atoms with E-state index in [2.05, 4.69) is 4.98 Å². The van der Waals surface area contributed by atoms with Crippen LogP contribution in [-0.2, 0) is 16.8 Å². The highest BCUT2D eigenvalue weighted by Gasteiger charge is 2.54. The van der Waals surface area contributed by atoms with Gasteiger partial charge in [0, 0.05) is 65.7 Å². The minimum atomic E-state index is -0.493. The van der Waals surface area contributed by atoms with Crippen molar-refractivity contribution in [2.45, 2.75) is 37.3 Å². The molecule has 6 nitrogen and oxygen atoms in total. The number of nitrogens with one attached hydrogen (secondary N) is 1. The third kappa shape index (κ3) is 3.53. The summed E-state index contributed by atoms with van der Waals surface area (Å²) in [5.74, 6) is 0.106. The van der Waals surface area contributed by atoms with Crippen molar-refractivity contribution in [2.24, 2.45) is 5.92 Å². The van der Waals surface area contributed by atoms with E-state index in [1.165, 1.54) is 6.07 Å². The van der Waals surface area contributed by atoms with Gasteiger partial charge in [0.25, 0.3) is 0 Å². The highest BCUT2D eigenvalue weighted by molar-refractivity contribution is 5.89. The fourth-order valence-electron chi connectivity index (χ4n) is 6.17. The van der Waals surface area contributed by atoms with Gasteiger partial charge < -0.3 is 19.7 Å². The zero-order valence-electron chi connectivity index (χ0n) is 19.7. The van der Waals surface area contributed by atoms with Crippen LogP contribution in [0.15, 0.2) is 36.4 Å². The van der Waals surface area contributed by atoms with Crippen LogP contribution in [0.5, 0.6) is 5.75 Å². The number of halogens is 2. The van der Waals surface area contributed by atoms with E-state index >= 15 is 0 Å². The van der Waals surface area contributed by atoms with Gasteiger partial charge in [-0.2, -0.15) is 0 Å². The summed E-state index contributed by atoms with van der Waals surface area (Å²) in [5.41, 5.74) is 2.78. The Morgan fingerprint density at radius 1 is 1.17 bits per heavy atom. The van der Waals surface area contributed by atoms with Crippen LogP contribution in [0.1, 0.15) is 42.1 Å². The number of aromatic nitrogens is 1. The van der Waals surface area contributed by atoms with Crippen molar-refractivity contribution < 1.29 is 23.4 Å². The lowest BCUT2D eigenvalue weighted by atomic mass is 9.68. The number of H-pyrrole nitrogens is 1. The summed E-state index contributed by atoms with van der Waals surface area (Å²) in [6.45, 7) is 1.68. The van der Waals surface area contributed by atoms with Gasteiger partial charge >= 0.3 is 0 Å². The van der Waals surface area contributed by atoms with E-state index in [4.69, 9.17) is 4.74 Å². The molecule has 2 aliphatic heterocycles. The molecule has 6 rings (SSSR count). The first-order chi connectivity index (χ1) is 16.9. The maximum Gasteiger partial charge on any atom is 0.225 e. The Kier molecular flexibility index (Phi) is 5.34. The number of fused-ring (bicyclic) bond motifs is 4. The zero-order valence-corrected chi connectivity index (χ0v) is 19.7. The molecule has 0 unspecified atom stereocenters. The van der Waals surface area contributed by atoms with E-state index in [-0.39, 0.29) is 36.0 Å². The summed E-state index contributed by atoms with van der Waals surface area (Å²) < 4.78 is 33.9. The van der Waals surface area contributed by atoms with Crippen LogP contribution in [0.4, 0.5) is 8.78 Å². The van der Waals surface area contributed by atoms with Crippen molar-refractivity contribution in [3.05, 3.63) is 64.9 Å². The lowest BCUT2D eigenvalue weighted by molar-refractivity contribution is -0.148. The predicted octanol–water partition coefficient (Wildman–Crippen LogP) is 3.88. The predicted molar refractivity (Wildman–Crippen MR) is 127 cm³/mol. The highest BCUT2D eigenvalue weighted by atomic mass is 19.1. The van der Waals surface area contributed by atoms with Gasteiger partial charge in [0.05, 0.1) is 19.8 Å². The summed E-state index contributed by atoms with van der Waals surface area (Å²) >= 11 is 0. The lowest BCUT2D eigenvalue weighted by Gasteiger charge is -2.57. The van der Waals surface area contributed by atoms with Crippen LogP contribution in [0.2, 0.25) is 0 Å². The summed E-state index contributed by atoms with van der Waals surface area (Å²) in [6, 6.07) is 8.94. The number of nitrogens with zero attached hydrogens (tertiary/aromatic N) is 2. The Morgan fingerprint density at radius 3 is 2.66 bits per heavy atom.